The first-order chi connectivity index (χ1) is 8.90. The fourth-order valence-corrected chi connectivity index (χ4v) is 2.77. The molecule has 1 unspecified atom stereocenters. The Kier molecular flexibility index (Phi) is 4.29. The maximum absolute atomic E-state index is 13.6. The fraction of sp³-hybridized carbons (Fsp3) is 0.200. The lowest BCUT2D eigenvalue weighted by Gasteiger charge is -2.16. The van der Waals surface area contributed by atoms with Gasteiger partial charge in [-0.2, -0.15) is 0 Å². The third-order valence-corrected chi connectivity index (χ3v) is 4.07. The maximum atomic E-state index is 13.6. The van der Waals surface area contributed by atoms with Gasteiger partial charge in [-0.3, -0.25) is 0 Å². The van der Waals surface area contributed by atoms with Crippen LogP contribution in [0.3, 0.4) is 0 Å². The van der Waals surface area contributed by atoms with Gasteiger partial charge in [0.15, 0.2) is 0 Å². The monoisotopic (exact) mass is 341 g/mol. The Morgan fingerprint density at radius 1 is 1.16 bits per heavy atom. The van der Waals surface area contributed by atoms with Crippen LogP contribution in [0.4, 0.5) is 4.39 Å². The molecule has 100 valence electrons. The van der Waals surface area contributed by atoms with Crippen LogP contribution in [0.1, 0.15) is 28.3 Å². The molecular formula is C15H14BrClFN. The highest BCUT2D eigenvalue weighted by Gasteiger charge is 2.15. The molecule has 19 heavy (non-hydrogen) atoms. The molecule has 1 nitrogen and oxygen atoms in total. The molecule has 0 saturated carbocycles. The van der Waals surface area contributed by atoms with E-state index >= 15 is 0 Å². The average Bonchev–Trinajstić information content (AvgIpc) is 2.37. The molecule has 0 radical (unpaired) electrons. The number of benzene rings is 2. The van der Waals surface area contributed by atoms with Crippen molar-refractivity contribution in [3.8, 4) is 0 Å². The first kappa shape index (κ1) is 14.5. The molecule has 1 atom stereocenters. The summed E-state index contributed by atoms with van der Waals surface area (Å²) < 4.78 is 14.5. The molecule has 0 aromatic heterocycles. The first-order valence-corrected chi connectivity index (χ1v) is 7.04. The number of halogens is 3. The lowest BCUT2D eigenvalue weighted by Crippen LogP contribution is -2.13. The zero-order valence-electron chi connectivity index (χ0n) is 10.7. The van der Waals surface area contributed by atoms with Crippen molar-refractivity contribution < 1.29 is 4.39 Å². The normalized spacial score (nSPS) is 12.5. The van der Waals surface area contributed by atoms with Crippen LogP contribution < -0.4 is 5.73 Å². The number of rotatable bonds is 2. The standard InChI is InChI=1S/C15H14BrClFN/c1-8-5-10(6-9(2)14(8)18)15(19)12-7-11(17)3-4-13(12)16/h3-7,15H,19H2,1-2H3. The van der Waals surface area contributed by atoms with Crippen LogP contribution in [0.5, 0.6) is 0 Å². The minimum Gasteiger partial charge on any atom is -0.320 e. The molecule has 0 aliphatic rings. The van der Waals surface area contributed by atoms with Gasteiger partial charge in [-0.25, -0.2) is 4.39 Å². The van der Waals surface area contributed by atoms with Crippen molar-refractivity contribution in [2.45, 2.75) is 19.9 Å². The van der Waals surface area contributed by atoms with Gasteiger partial charge in [0.25, 0.3) is 0 Å². The number of hydrogen-bond acceptors (Lipinski definition) is 1. The molecule has 4 heteroatoms. The van der Waals surface area contributed by atoms with Crippen LogP contribution in [-0.2, 0) is 0 Å². The average molecular weight is 343 g/mol. The van der Waals surface area contributed by atoms with Gasteiger partial charge >= 0.3 is 0 Å². The van der Waals surface area contributed by atoms with E-state index in [-0.39, 0.29) is 11.9 Å². The highest BCUT2D eigenvalue weighted by molar-refractivity contribution is 9.10. The van der Waals surface area contributed by atoms with Crippen LogP contribution >= 0.6 is 27.5 Å². The maximum Gasteiger partial charge on any atom is 0.129 e. The highest BCUT2D eigenvalue weighted by Crippen LogP contribution is 2.30. The van der Waals surface area contributed by atoms with Gasteiger partial charge in [0, 0.05) is 9.50 Å². The Hall–Kier alpha value is -0.900. The number of aryl methyl sites for hydroxylation is 2. The third-order valence-electron chi connectivity index (χ3n) is 3.11. The van der Waals surface area contributed by atoms with Crippen LogP contribution in [0.15, 0.2) is 34.8 Å². The minimum absolute atomic E-state index is 0.180. The zero-order chi connectivity index (χ0) is 14.2. The van der Waals surface area contributed by atoms with E-state index in [0.29, 0.717) is 16.1 Å². The summed E-state index contributed by atoms with van der Waals surface area (Å²) in [5.74, 6) is -0.180. The van der Waals surface area contributed by atoms with E-state index in [0.717, 1.165) is 15.6 Å². The molecule has 0 saturated heterocycles. The van der Waals surface area contributed by atoms with Crippen molar-refractivity contribution in [2.75, 3.05) is 0 Å². The van der Waals surface area contributed by atoms with E-state index in [4.69, 9.17) is 17.3 Å². The molecule has 0 fully saturated rings. The zero-order valence-corrected chi connectivity index (χ0v) is 13.0. The summed E-state index contributed by atoms with van der Waals surface area (Å²) >= 11 is 9.47. The Morgan fingerprint density at radius 3 is 2.32 bits per heavy atom. The summed E-state index contributed by atoms with van der Waals surface area (Å²) in [4.78, 5) is 0. The molecule has 2 N–H and O–H groups in total. The smallest absolute Gasteiger partial charge is 0.129 e. The lowest BCUT2D eigenvalue weighted by atomic mass is 9.96. The topological polar surface area (TPSA) is 26.0 Å². The van der Waals surface area contributed by atoms with Crippen LogP contribution in [-0.4, -0.2) is 0 Å². The molecule has 0 spiro atoms. The quantitative estimate of drug-likeness (QED) is 0.825. The summed E-state index contributed by atoms with van der Waals surface area (Å²) in [7, 11) is 0. The second-order valence-electron chi connectivity index (χ2n) is 4.61. The second kappa shape index (κ2) is 5.61. The lowest BCUT2D eigenvalue weighted by molar-refractivity contribution is 0.607. The second-order valence-corrected chi connectivity index (χ2v) is 5.90. The van der Waals surface area contributed by atoms with Gasteiger partial charge in [0.1, 0.15) is 5.82 Å². The molecule has 2 aromatic rings. The summed E-state index contributed by atoms with van der Waals surface area (Å²) in [6, 6.07) is 8.69. The van der Waals surface area contributed by atoms with Crippen molar-refractivity contribution >= 4 is 27.5 Å². The van der Waals surface area contributed by atoms with E-state index in [1.165, 1.54) is 0 Å². The molecule has 0 heterocycles. The van der Waals surface area contributed by atoms with E-state index in [1.807, 2.05) is 12.1 Å². The molecule has 0 bridgehead atoms. The molecule has 2 rings (SSSR count). The van der Waals surface area contributed by atoms with Crippen molar-refractivity contribution in [1.82, 2.24) is 0 Å². The summed E-state index contributed by atoms with van der Waals surface area (Å²) in [5, 5.41) is 0.629. The van der Waals surface area contributed by atoms with Crippen molar-refractivity contribution in [3.05, 3.63) is 67.9 Å². The van der Waals surface area contributed by atoms with Crippen LogP contribution in [0.2, 0.25) is 5.02 Å². The Labute approximate surface area is 125 Å². The predicted molar refractivity (Wildman–Crippen MR) is 81.1 cm³/mol. The predicted octanol–water partition coefficient (Wildman–Crippen LogP) is 4.91. The van der Waals surface area contributed by atoms with E-state index < -0.39 is 0 Å². The van der Waals surface area contributed by atoms with Gasteiger partial charge in [-0.05, 0) is 54.3 Å². The minimum atomic E-state index is -0.342. The van der Waals surface area contributed by atoms with E-state index in [9.17, 15) is 4.39 Å². The Balaban J connectivity index is 2.49. The first-order valence-electron chi connectivity index (χ1n) is 5.87. The number of nitrogens with two attached hydrogens (primary N) is 1. The van der Waals surface area contributed by atoms with E-state index in [2.05, 4.69) is 15.9 Å². The summed E-state index contributed by atoms with van der Waals surface area (Å²) in [6.45, 7) is 3.48. The molecular weight excluding hydrogens is 329 g/mol. The molecule has 2 aromatic carbocycles. The summed E-state index contributed by atoms with van der Waals surface area (Å²) in [5.41, 5.74) is 9.23. The Morgan fingerprint density at radius 2 is 1.74 bits per heavy atom. The Bertz CT molecular complexity index is 605. The van der Waals surface area contributed by atoms with Gasteiger partial charge in [0.2, 0.25) is 0 Å². The summed E-state index contributed by atoms with van der Waals surface area (Å²) in [6.07, 6.45) is 0. The van der Waals surface area contributed by atoms with E-state index in [1.54, 1.807) is 32.0 Å². The SMILES string of the molecule is Cc1cc(C(N)c2cc(Cl)ccc2Br)cc(C)c1F. The highest BCUT2D eigenvalue weighted by atomic mass is 79.9. The van der Waals surface area contributed by atoms with Crippen LogP contribution in [0, 0.1) is 19.7 Å². The third kappa shape index (κ3) is 2.99. The van der Waals surface area contributed by atoms with Gasteiger partial charge in [-0.15, -0.1) is 0 Å². The van der Waals surface area contributed by atoms with Gasteiger partial charge in [0.05, 0.1) is 6.04 Å². The molecule has 0 amide bonds. The van der Waals surface area contributed by atoms with Gasteiger partial charge < -0.3 is 5.73 Å². The van der Waals surface area contributed by atoms with Crippen molar-refractivity contribution in [3.63, 3.8) is 0 Å². The molecule has 0 aliphatic heterocycles. The number of hydrogen-bond donors (Lipinski definition) is 1. The fourth-order valence-electron chi connectivity index (χ4n) is 2.09. The van der Waals surface area contributed by atoms with Crippen LogP contribution in [0.25, 0.3) is 0 Å². The van der Waals surface area contributed by atoms with Crippen molar-refractivity contribution in [1.29, 1.82) is 0 Å². The molecule has 0 aliphatic carbocycles. The van der Waals surface area contributed by atoms with Crippen molar-refractivity contribution in [2.24, 2.45) is 5.73 Å². The largest absolute Gasteiger partial charge is 0.320 e. The van der Waals surface area contributed by atoms with Gasteiger partial charge in [-0.1, -0.05) is 39.7 Å².